The van der Waals surface area contributed by atoms with E-state index in [2.05, 4.69) is 15.9 Å². The molecule has 1 aromatic rings. The van der Waals surface area contributed by atoms with E-state index < -0.39 is 0 Å². The van der Waals surface area contributed by atoms with Gasteiger partial charge < -0.3 is 11.5 Å². The summed E-state index contributed by atoms with van der Waals surface area (Å²) in [5, 5.41) is 0. The minimum Gasteiger partial charge on any atom is -0.330 e. The molecule has 0 saturated carbocycles. The topological polar surface area (TPSA) is 52.0 Å². The van der Waals surface area contributed by atoms with E-state index >= 15 is 0 Å². The first-order valence-electron chi connectivity index (χ1n) is 5.05. The molecular weight excluding hydrogens is 294 g/mol. The van der Waals surface area contributed by atoms with Crippen LogP contribution in [0.15, 0.2) is 22.7 Å². The quantitative estimate of drug-likeness (QED) is 0.821. The fourth-order valence-electron chi connectivity index (χ4n) is 1.42. The van der Waals surface area contributed by atoms with Crippen LogP contribution in [-0.4, -0.2) is 6.54 Å². The van der Waals surface area contributed by atoms with Crippen molar-refractivity contribution >= 4 is 28.3 Å². The molecule has 0 heterocycles. The minimum atomic E-state index is -0.257. The summed E-state index contributed by atoms with van der Waals surface area (Å²) < 4.78 is 13.4. The lowest BCUT2D eigenvalue weighted by atomic mass is 10.0. The lowest BCUT2D eigenvalue weighted by molar-refractivity contribution is 0.585. The molecule has 16 heavy (non-hydrogen) atoms. The first kappa shape index (κ1) is 15.8. The smallest absolute Gasteiger partial charge is 0.137 e. The molecule has 0 saturated heterocycles. The predicted molar refractivity (Wildman–Crippen MR) is 71.2 cm³/mol. The molecule has 0 aliphatic carbocycles. The molecule has 0 aliphatic heterocycles. The van der Waals surface area contributed by atoms with Crippen molar-refractivity contribution in [2.24, 2.45) is 11.5 Å². The number of benzene rings is 1. The standard InChI is InChI=1S/C11H16BrFN2.ClH/c12-9-7-8(4-5-10(9)13)11(15)3-1-2-6-14;/h4-5,7,11H,1-3,6,14-15H2;1H/t11-;/m1./s1. The zero-order valence-electron chi connectivity index (χ0n) is 8.96. The number of halogens is 3. The Bertz CT molecular complexity index is 323. The molecule has 0 radical (unpaired) electrons. The molecule has 0 amide bonds. The van der Waals surface area contributed by atoms with Gasteiger partial charge in [-0.05, 0) is 53.0 Å². The first-order chi connectivity index (χ1) is 7.15. The van der Waals surface area contributed by atoms with Gasteiger partial charge in [-0.25, -0.2) is 4.39 Å². The Morgan fingerprint density at radius 1 is 1.31 bits per heavy atom. The highest BCUT2D eigenvalue weighted by atomic mass is 79.9. The Balaban J connectivity index is 0.00000225. The van der Waals surface area contributed by atoms with Gasteiger partial charge in [0.2, 0.25) is 0 Å². The van der Waals surface area contributed by atoms with E-state index in [-0.39, 0.29) is 24.3 Å². The molecule has 4 N–H and O–H groups in total. The van der Waals surface area contributed by atoms with E-state index in [0.29, 0.717) is 11.0 Å². The van der Waals surface area contributed by atoms with E-state index in [1.807, 2.05) is 0 Å². The van der Waals surface area contributed by atoms with Crippen LogP contribution in [0.2, 0.25) is 0 Å². The molecule has 0 spiro atoms. The van der Waals surface area contributed by atoms with Gasteiger partial charge >= 0.3 is 0 Å². The highest BCUT2D eigenvalue weighted by Crippen LogP contribution is 2.22. The number of unbranched alkanes of at least 4 members (excludes halogenated alkanes) is 1. The molecule has 0 aromatic heterocycles. The molecule has 1 aromatic carbocycles. The van der Waals surface area contributed by atoms with Crippen LogP contribution < -0.4 is 11.5 Å². The van der Waals surface area contributed by atoms with Crippen molar-refractivity contribution in [3.63, 3.8) is 0 Å². The second-order valence-corrected chi connectivity index (χ2v) is 4.42. The van der Waals surface area contributed by atoms with Crippen LogP contribution in [0.1, 0.15) is 30.9 Å². The molecule has 1 atom stereocenters. The van der Waals surface area contributed by atoms with Crippen LogP contribution in [0.4, 0.5) is 4.39 Å². The average molecular weight is 312 g/mol. The van der Waals surface area contributed by atoms with Crippen LogP contribution in [0.25, 0.3) is 0 Å². The van der Waals surface area contributed by atoms with Crippen molar-refractivity contribution in [2.75, 3.05) is 6.54 Å². The van der Waals surface area contributed by atoms with E-state index in [1.165, 1.54) is 6.07 Å². The summed E-state index contributed by atoms with van der Waals surface area (Å²) in [6.07, 6.45) is 2.87. The Morgan fingerprint density at radius 3 is 2.56 bits per heavy atom. The van der Waals surface area contributed by atoms with Gasteiger partial charge in [0, 0.05) is 6.04 Å². The van der Waals surface area contributed by atoms with Crippen molar-refractivity contribution in [1.29, 1.82) is 0 Å². The van der Waals surface area contributed by atoms with E-state index in [4.69, 9.17) is 11.5 Å². The molecule has 0 fully saturated rings. The minimum absolute atomic E-state index is 0. The molecule has 1 rings (SSSR count). The van der Waals surface area contributed by atoms with Crippen LogP contribution >= 0.6 is 28.3 Å². The maximum absolute atomic E-state index is 13.0. The monoisotopic (exact) mass is 310 g/mol. The summed E-state index contributed by atoms with van der Waals surface area (Å²) in [5.74, 6) is -0.257. The van der Waals surface area contributed by atoms with Crippen molar-refractivity contribution in [3.05, 3.63) is 34.1 Å². The maximum Gasteiger partial charge on any atom is 0.137 e. The van der Waals surface area contributed by atoms with Crippen LogP contribution in [0.5, 0.6) is 0 Å². The Kier molecular flexibility index (Phi) is 7.93. The van der Waals surface area contributed by atoms with Gasteiger partial charge in [-0.3, -0.25) is 0 Å². The lowest BCUT2D eigenvalue weighted by Crippen LogP contribution is -2.11. The average Bonchev–Trinajstić information content (AvgIpc) is 2.22. The molecule has 92 valence electrons. The summed E-state index contributed by atoms with van der Waals surface area (Å²) in [7, 11) is 0. The Labute approximate surface area is 110 Å². The van der Waals surface area contributed by atoms with E-state index in [1.54, 1.807) is 12.1 Å². The first-order valence-corrected chi connectivity index (χ1v) is 5.85. The van der Waals surface area contributed by atoms with Gasteiger partial charge in [0.1, 0.15) is 5.82 Å². The summed E-state index contributed by atoms with van der Waals surface area (Å²) in [6.45, 7) is 0.694. The third-order valence-electron chi connectivity index (χ3n) is 2.34. The molecular formula is C11H17BrClFN2. The third-order valence-corrected chi connectivity index (χ3v) is 2.95. The van der Waals surface area contributed by atoms with Crippen molar-refractivity contribution in [2.45, 2.75) is 25.3 Å². The van der Waals surface area contributed by atoms with Crippen molar-refractivity contribution < 1.29 is 4.39 Å². The third kappa shape index (κ3) is 4.78. The normalized spacial score (nSPS) is 12.0. The van der Waals surface area contributed by atoms with Gasteiger partial charge in [0.15, 0.2) is 0 Å². The molecule has 0 aliphatic rings. The van der Waals surface area contributed by atoms with E-state index in [0.717, 1.165) is 24.8 Å². The van der Waals surface area contributed by atoms with Gasteiger partial charge in [-0.2, -0.15) is 0 Å². The molecule has 0 unspecified atom stereocenters. The Hall–Kier alpha value is -0.160. The van der Waals surface area contributed by atoms with Crippen molar-refractivity contribution in [3.8, 4) is 0 Å². The number of nitrogens with two attached hydrogens (primary N) is 2. The highest BCUT2D eigenvalue weighted by molar-refractivity contribution is 9.10. The van der Waals surface area contributed by atoms with Gasteiger partial charge in [0.25, 0.3) is 0 Å². The summed E-state index contributed by atoms with van der Waals surface area (Å²) in [6, 6.07) is 4.87. The van der Waals surface area contributed by atoms with Crippen LogP contribution in [0.3, 0.4) is 0 Å². The number of hydrogen-bond donors (Lipinski definition) is 2. The zero-order chi connectivity index (χ0) is 11.3. The summed E-state index contributed by atoms with van der Waals surface area (Å²) in [4.78, 5) is 0. The largest absolute Gasteiger partial charge is 0.330 e. The predicted octanol–water partition coefficient (Wildman–Crippen LogP) is 3.14. The second kappa shape index (κ2) is 8.01. The summed E-state index contributed by atoms with van der Waals surface area (Å²) >= 11 is 3.15. The van der Waals surface area contributed by atoms with Gasteiger partial charge in [-0.1, -0.05) is 12.5 Å². The fourth-order valence-corrected chi connectivity index (χ4v) is 1.81. The summed E-state index contributed by atoms with van der Waals surface area (Å²) in [5.41, 5.74) is 12.3. The molecule has 5 heteroatoms. The maximum atomic E-state index is 13.0. The molecule has 2 nitrogen and oxygen atoms in total. The fraction of sp³-hybridized carbons (Fsp3) is 0.455. The zero-order valence-corrected chi connectivity index (χ0v) is 11.4. The van der Waals surface area contributed by atoms with Crippen LogP contribution in [-0.2, 0) is 0 Å². The van der Waals surface area contributed by atoms with Crippen molar-refractivity contribution in [1.82, 2.24) is 0 Å². The highest BCUT2D eigenvalue weighted by Gasteiger charge is 2.07. The van der Waals surface area contributed by atoms with E-state index in [9.17, 15) is 4.39 Å². The lowest BCUT2D eigenvalue weighted by Gasteiger charge is -2.12. The molecule has 0 bridgehead atoms. The van der Waals surface area contributed by atoms with Gasteiger partial charge in [0.05, 0.1) is 4.47 Å². The number of rotatable bonds is 5. The second-order valence-electron chi connectivity index (χ2n) is 3.56. The van der Waals surface area contributed by atoms with Crippen LogP contribution in [0, 0.1) is 5.82 Å². The number of hydrogen-bond acceptors (Lipinski definition) is 2. The Morgan fingerprint density at radius 2 is 2.00 bits per heavy atom. The van der Waals surface area contributed by atoms with Gasteiger partial charge in [-0.15, -0.1) is 12.4 Å². The SMILES string of the molecule is Cl.NCCCC[C@@H](N)c1ccc(F)c(Br)c1.